The molecule has 100 valence electrons. The monoisotopic (exact) mass is 272 g/mol. The van der Waals surface area contributed by atoms with Gasteiger partial charge in [-0.25, -0.2) is 13.4 Å². The van der Waals surface area contributed by atoms with Gasteiger partial charge in [-0.2, -0.15) is 0 Å². The van der Waals surface area contributed by atoms with Crippen LogP contribution in [0, 0.1) is 0 Å². The van der Waals surface area contributed by atoms with E-state index in [0.29, 0.717) is 5.82 Å². The molecule has 1 rings (SSSR count). The summed E-state index contributed by atoms with van der Waals surface area (Å²) in [6.07, 6.45) is 2.48. The average Bonchev–Trinajstić information content (AvgIpc) is 2.25. The molecule has 0 aliphatic rings. The number of nitrogen functional groups attached to an aromatic ring is 1. The van der Waals surface area contributed by atoms with E-state index in [2.05, 4.69) is 4.98 Å². The molecule has 0 fully saturated rings. The van der Waals surface area contributed by atoms with Gasteiger partial charge in [-0.05, 0) is 6.07 Å². The molecule has 0 radical (unpaired) electrons. The molecule has 7 nitrogen and oxygen atoms in total. The van der Waals surface area contributed by atoms with Crippen molar-refractivity contribution in [2.45, 2.75) is 0 Å². The van der Waals surface area contributed by atoms with Crippen molar-refractivity contribution in [2.24, 2.45) is 5.73 Å². The smallest absolute Gasteiger partial charge is 0.250 e. The number of hydrogen-bond acceptors (Lipinski definition) is 6. The Labute approximate surface area is 106 Å². The summed E-state index contributed by atoms with van der Waals surface area (Å²) in [5.41, 5.74) is 11.1. The number of pyridine rings is 1. The molecule has 0 aliphatic heterocycles. The molecule has 1 aromatic rings. The molecule has 0 bridgehead atoms. The van der Waals surface area contributed by atoms with E-state index in [-0.39, 0.29) is 23.5 Å². The van der Waals surface area contributed by atoms with Crippen LogP contribution in [0.25, 0.3) is 0 Å². The van der Waals surface area contributed by atoms with Crippen LogP contribution in [-0.4, -0.2) is 44.9 Å². The molecule has 0 spiro atoms. The fourth-order valence-corrected chi connectivity index (χ4v) is 1.90. The first-order valence-electron chi connectivity index (χ1n) is 5.15. The number of amides is 1. The zero-order valence-electron chi connectivity index (χ0n) is 10.3. The summed E-state index contributed by atoms with van der Waals surface area (Å²) in [6.45, 7) is 0.272. The SMILES string of the molecule is CN(CCS(C)(=O)=O)c1cc(C(N)=O)c(N)cn1. The Hall–Kier alpha value is -1.83. The number of carbonyl (C=O) groups is 1. The summed E-state index contributed by atoms with van der Waals surface area (Å²) in [5.74, 6) is -0.198. The number of rotatable bonds is 5. The highest BCUT2D eigenvalue weighted by Crippen LogP contribution is 2.16. The van der Waals surface area contributed by atoms with Crippen LogP contribution in [0.4, 0.5) is 11.5 Å². The van der Waals surface area contributed by atoms with Crippen molar-refractivity contribution in [2.75, 3.05) is 36.2 Å². The van der Waals surface area contributed by atoms with Crippen LogP contribution in [-0.2, 0) is 9.84 Å². The normalized spacial score (nSPS) is 11.2. The zero-order chi connectivity index (χ0) is 13.9. The van der Waals surface area contributed by atoms with Crippen LogP contribution >= 0.6 is 0 Å². The second-order valence-electron chi connectivity index (χ2n) is 4.05. The standard InChI is InChI=1S/C10H16N4O3S/c1-14(3-4-18(2,16)17)9-5-7(10(12)15)8(11)6-13-9/h5-6H,3-4,11H2,1-2H3,(H2,12,15). The van der Waals surface area contributed by atoms with Gasteiger partial charge in [-0.15, -0.1) is 0 Å². The van der Waals surface area contributed by atoms with Crippen LogP contribution in [0.2, 0.25) is 0 Å². The average molecular weight is 272 g/mol. The number of hydrogen-bond donors (Lipinski definition) is 2. The van der Waals surface area contributed by atoms with E-state index in [0.717, 1.165) is 6.26 Å². The number of sulfone groups is 1. The van der Waals surface area contributed by atoms with E-state index in [1.165, 1.54) is 12.3 Å². The minimum Gasteiger partial charge on any atom is -0.397 e. The Morgan fingerprint density at radius 2 is 2.11 bits per heavy atom. The maximum Gasteiger partial charge on any atom is 0.250 e. The fraction of sp³-hybridized carbons (Fsp3) is 0.400. The molecule has 0 unspecified atom stereocenters. The number of primary amides is 1. The lowest BCUT2D eigenvalue weighted by molar-refractivity contribution is 0.100. The molecule has 0 saturated carbocycles. The third kappa shape index (κ3) is 3.88. The van der Waals surface area contributed by atoms with Gasteiger partial charge in [0.2, 0.25) is 0 Å². The van der Waals surface area contributed by atoms with Gasteiger partial charge in [0.1, 0.15) is 15.7 Å². The van der Waals surface area contributed by atoms with Crippen molar-refractivity contribution >= 4 is 27.2 Å². The van der Waals surface area contributed by atoms with E-state index < -0.39 is 15.7 Å². The van der Waals surface area contributed by atoms with Crippen molar-refractivity contribution < 1.29 is 13.2 Å². The minimum absolute atomic E-state index is 0.00145. The summed E-state index contributed by atoms with van der Waals surface area (Å²) in [7, 11) is -1.37. The van der Waals surface area contributed by atoms with Gasteiger partial charge >= 0.3 is 0 Å². The highest BCUT2D eigenvalue weighted by molar-refractivity contribution is 7.90. The van der Waals surface area contributed by atoms with Crippen molar-refractivity contribution in [1.29, 1.82) is 0 Å². The molecule has 0 aliphatic carbocycles. The van der Waals surface area contributed by atoms with Gasteiger partial charge in [0.15, 0.2) is 0 Å². The Kier molecular flexibility index (Phi) is 4.12. The van der Waals surface area contributed by atoms with E-state index >= 15 is 0 Å². The lowest BCUT2D eigenvalue weighted by Crippen LogP contribution is -2.26. The quantitative estimate of drug-likeness (QED) is 0.727. The zero-order valence-corrected chi connectivity index (χ0v) is 11.1. The molecular formula is C10H16N4O3S. The summed E-state index contributed by atoms with van der Waals surface area (Å²) in [4.78, 5) is 16.8. The molecule has 8 heteroatoms. The van der Waals surface area contributed by atoms with E-state index in [1.54, 1.807) is 11.9 Å². The highest BCUT2D eigenvalue weighted by atomic mass is 32.2. The third-order valence-electron chi connectivity index (χ3n) is 2.37. The maximum absolute atomic E-state index is 11.1. The first-order valence-corrected chi connectivity index (χ1v) is 7.21. The summed E-state index contributed by atoms with van der Waals surface area (Å²) in [5, 5.41) is 0. The Morgan fingerprint density at radius 1 is 1.50 bits per heavy atom. The Balaban J connectivity index is 2.90. The van der Waals surface area contributed by atoms with E-state index in [1.807, 2.05) is 0 Å². The van der Waals surface area contributed by atoms with E-state index in [4.69, 9.17) is 11.5 Å². The van der Waals surface area contributed by atoms with Crippen molar-refractivity contribution in [3.63, 3.8) is 0 Å². The summed E-state index contributed by atoms with van der Waals surface area (Å²) < 4.78 is 22.1. The summed E-state index contributed by atoms with van der Waals surface area (Å²) >= 11 is 0. The molecule has 18 heavy (non-hydrogen) atoms. The molecule has 4 N–H and O–H groups in total. The third-order valence-corrected chi connectivity index (χ3v) is 3.30. The first kappa shape index (κ1) is 14.2. The Bertz CT molecular complexity index is 556. The van der Waals surface area contributed by atoms with Gasteiger partial charge in [0.25, 0.3) is 5.91 Å². The lowest BCUT2D eigenvalue weighted by atomic mass is 10.2. The molecule has 1 heterocycles. The Morgan fingerprint density at radius 3 is 2.61 bits per heavy atom. The molecule has 1 amide bonds. The van der Waals surface area contributed by atoms with Crippen molar-refractivity contribution in [1.82, 2.24) is 4.98 Å². The van der Waals surface area contributed by atoms with Crippen LogP contribution in [0.1, 0.15) is 10.4 Å². The number of nitrogens with two attached hydrogens (primary N) is 2. The second-order valence-corrected chi connectivity index (χ2v) is 6.31. The molecule has 1 aromatic heterocycles. The number of carbonyl (C=O) groups excluding carboxylic acids is 1. The van der Waals surface area contributed by atoms with Crippen LogP contribution in [0.3, 0.4) is 0 Å². The highest BCUT2D eigenvalue weighted by Gasteiger charge is 2.12. The summed E-state index contributed by atoms with van der Waals surface area (Å²) in [6, 6.07) is 1.44. The largest absolute Gasteiger partial charge is 0.397 e. The predicted molar refractivity (Wildman–Crippen MR) is 70.1 cm³/mol. The number of anilines is 2. The maximum atomic E-state index is 11.1. The van der Waals surface area contributed by atoms with E-state index in [9.17, 15) is 13.2 Å². The topological polar surface area (TPSA) is 119 Å². The molecule has 0 saturated heterocycles. The molecular weight excluding hydrogens is 256 g/mol. The minimum atomic E-state index is -3.05. The van der Waals surface area contributed by atoms with Crippen molar-refractivity contribution in [3.05, 3.63) is 17.8 Å². The first-order chi connectivity index (χ1) is 8.20. The fourth-order valence-electron chi connectivity index (χ4n) is 1.29. The van der Waals surface area contributed by atoms with Gasteiger partial charge in [-0.1, -0.05) is 0 Å². The molecule has 0 aromatic carbocycles. The van der Waals surface area contributed by atoms with Crippen LogP contribution in [0.5, 0.6) is 0 Å². The molecule has 0 atom stereocenters. The van der Waals surface area contributed by atoms with Gasteiger partial charge in [0, 0.05) is 19.8 Å². The predicted octanol–water partition coefficient (Wildman–Crippen LogP) is -0.756. The van der Waals surface area contributed by atoms with Gasteiger partial charge < -0.3 is 16.4 Å². The second kappa shape index (κ2) is 5.21. The van der Waals surface area contributed by atoms with Crippen molar-refractivity contribution in [3.8, 4) is 0 Å². The van der Waals surface area contributed by atoms with Gasteiger partial charge in [-0.3, -0.25) is 4.79 Å². The van der Waals surface area contributed by atoms with Crippen LogP contribution < -0.4 is 16.4 Å². The number of nitrogens with zero attached hydrogens (tertiary/aromatic N) is 2. The number of aromatic nitrogens is 1. The lowest BCUT2D eigenvalue weighted by Gasteiger charge is -2.18. The van der Waals surface area contributed by atoms with Gasteiger partial charge in [0.05, 0.1) is 23.2 Å². The van der Waals surface area contributed by atoms with Crippen LogP contribution in [0.15, 0.2) is 12.3 Å².